The van der Waals surface area contributed by atoms with Gasteiger partial charge in [-0.3, -0.25) is 0 Å². The average molecular weight is 257 g/mol. The quantitative estimate of drug-likeness (QED) is 0.831. The van der Waals surface area contributed by atoms with Crippen molar-refractivity contribution in [2.24, 2.45) is 0 Å². The Balaban J connectivity index is 2.21. The molecular weight excluding hydrogens is 240 g/mol. The number of morpholine rings is 1. The maximum atomic E-state index is 12.4. The van der Waals surface area contributed by atoms with E-state index in [1.165, 1.54) is 0 Å². The van der Waals surface area contributed by atoms with Crippen LogP contribution in [0.3, 0.4) is 0 Å². The number of hydrogen-bond acceptors (Lipinski definition) is 3. The Kier molecular flexibility index (Phi) is 4.01. The lowest BCUT2D eigenvalue weighted by Gasteiger charge is -2.37. The lowest BCUT2D eigenvalue weighted by Crippen LogP contribution is -2.45. The lowest BCUT2D eigenvalue weighted by molar-refractivity contribution is -0.0499. The minimum absolute atomic E-state index is 0.0772. The van der Waals surface area contributed by atoms with Crippen molar-refractivity contribution in [3.63, 3.8) is 0 Å². The van der Waals surface area contributed by atoms with Crippen molar-refractivity contribution >= 4 is 5.69 Å². The van der Waals surface area contributed by atoms with Crippen LogP contribution in [0.1, 0.15) is 13.8 Å². The normalized spacial score (nSPS) is 24.4. The van der Waals surface area contributed by atoms with Gasteiger partial charge in [0.1, 0.15) is 5.75 Å². The van der Waals surface area contributed by atoms with Crippen LogP contribution < -0.4 is 9.64 Å². The van der Waals surface area contributed by atoms with Gasteiger partial charge < -0.3 is 14.4 Å². The van der Waals surface area contributed by atoms with Crippen molar-refractivity contribution in [2.75, 3.05) is 18.0 Å². The third-order valence-electron chi connectivity index (χ3n) is 2.84. The van der Waals surface area contributed by atoms with Gasteiger partial charge in [-0.15, -0.1) is 0 Å². The number of nitrogens with zero attached hydrogens (tertiary/aromatic N) is 1. The summed E-state index contributed by atoms with van der Waals surface area (Å²) < 4.78 is 34.9. The average Bonchev–Trinajstić information content (AvgIpc) is 2.27. The molecule has 100 valence electrons. The zero-order valence-electron chi connectivity index (χ0n) is 10.5. The number of hydrogen-bond donors (Lipinski definition) is 0. The summed E-state index contributed by atoms with van der Waals surface area (Å²) in [5.74, 6) is 0.216. The Morgan fingerprint density at radius 3 is 2.44 bits per heavy atom. The van der Waals surface area contributed by atoms with Gasteiger partial charge in [0, 0.05) is 13.1 Å². The summed E-state index contributed by atoms with van der Waals surface area (Å²) in [5, 5.41) is 0. The Morgan fingerprint density at radius 1 is 1.22 bits per heavy atom. The molecule has 5 heteroatoms. The molecule has 0 bridgehead atoms. The van der Waals surface area contributed by atoms with Crippen LogP contribution in [-0.2, 0) is 4.74 Å². The van der Waals surface area contributed by atoms with Crippen molar-refractivity contribution in [3.05, 3.63) is 24.3 Å². The van der Waals surface area contributed by atoms with E-state index >= 15 is 0 Å². The second kappa shape index (κ2) is 5.52. The van der Waals surface area contributed by atoms with Crippen LogP contribution in [0.2, 0.25) is 0 Å². The molecule has 1 aliphatic heterocycles. The fraction of sp³-hybridized carbons (Fsp3) is 0.538. The number of ether oxygens (including phenoxy) is 2. The Hall–Kier alpha value is -1.36. The van der Waals surface area contributed by atoms with Crippen LogP contribution in [0.5, 0.6) is 5.75 Å². The Morgan fingerprint density at radius 2 is 1.83 bits per heavy atom. The smallest absolute Gasteiger partial charge is 0.387 e. The van der Waals surface area contributed by atoms with E-state index < -0.39 is 6.61 Å². The van der Waals surface area contributed by atoms with Gasteiger partial charge in [-0.2, -0.15) is 8.78 Å². The fourth-order valence-corrected chi connectivity index (χ4v) is 2.29. The monoisotopic (exact) mass is 257 g/mol. The van der Waals surface area contributed by atoms with Gasteiger partial charge in [0.2, 0.25) is 0 Å². The van der Waals surface area contributed by atoms with Crippen LogP contribution in [0, 0.1) is 0 Å². The van der Waals surface area contributed by atoms with Crippen molar-refractivity contribution < 1.29 is 18.3 Å². The van der Waals surface area contributed by atoms with Crippen LogP contribution >= 0.6 is 0 Å². The van der Waals surface area contributed by atoms with Crippen LogP contribution in [0.4, 0.5) is 14.5 Å². The highest BCUT2D eigenvalue weighted by atomic mass is 19.3. The molecular formula is C13H17F2NO2. The summed E-state index contributed by atoms with van der Waals surface area (Å²) in [6, 6.07) is 6.86. The summed E-state index contributed by atoms with van der Waals surface area (Å²) >= 11 is 0. The number of anilines is 1. The molecule has 18 heavy (non-hydrogen) atoms. The third-order valence-corrected chi connectivity index (χ3v) is 2.84. The van der Waals surface area contributed by atoms with Crippen molar-refractivity contribution in [1.29, 1.82) is 0 Å². The highest BCUT2D eigenvalue weighted by molar-refractivity contribution is 5.58. The van der Waals surface area contributed by atoms with Crippen molar-refractivity contribution in [2.45, 2.75) is 32.7 Å². The van der Waals surface area contributed by atoms with E-state index in [1.54, 1.807) is 18.2 Å². The van der Waals surface area contributed by atoms with Gasteiger partial charge in [-0.25, -0.2) is 0 Å². The first-order valence-corrected chi connectivity index (χ1v) is 6.00. The van der Waals surface area contributed by atoms with Gasteiger partial charge >= 0.3 is 6.61 Å². The first-order valence-electron chi connectivity index (χ1n) is 6.00. The molecule has 0 radical (unpaired) electrons. The predicted octanol–water partition coefficient (Wildman–Crippen LogP) is 2.90. The van der Waals surface area contributed by atoms with Gasteiger partial charge in [0.15, 0.2) is 0 Å². The van der Waals surface area contributed by atoms with E-state index in [0.717, 1.165) is 0 Å². The molecule has 1 aromatic rings. The van der Waals surface area contributed by atoms with E-state index in [2.05, 4.69) is 4.74 Å². The summed E-state index contributed by atoms with van der Waals surface area (Å²) in [7, 11) is 0. The molecule has 3 nitrogen and oxygen atoms in total. The maximum absolute atomic E-state index is 12.4. The summed E-state index contributed by atoms with van der Waals surface area (Å²) in [6.45, 7) is 2.49. The molecule has 0 aliphatic carbocycles. The van der Waals surface area contributed by atoms with Gasteiger partial charge in [0.05, 0.1) is 17.9 Å². The van der Waals surface area contributed by atoms with E-state index in [4.69, 9.17) is 4.74 Å². The highest BCUT2D eigenvalue weighted by Gasteiger charge is 2.24. The van der Waals surface area contributed by atoms with Gasteiger partial charge in [-0.05, 0) is 26.0 Å². The standard InChI is InChI=1S/C13H17F2NO2/c1-9-7-16(8-10(2)17-9)11-5-3-4-6-12(11)18-13(14)15/h3-6,9-10,13H,7-8H2,1-2H3. The minimum Gasteiger partial charge on any atom is -0.433 e. The molecule has 1 aliphatic rings. The SMILES string of the molecule is CC1CN(c2ccccc2OC(F)F)CC(C)O1. The zero-order chi connectivity index (χ0) is 13.1. The molecule has 2 atom stereocenters. The van der Waals surface area contributed by atoms with Crippen molar-refractivity contribution in [1.82, 2.24) is 0 Å². The van der Waals surface area contributed by atoms with Crippen LogP contribution in [0.25, 0.3) is 0 Å². The first kappa shape index (κ1) is 13.1. The predicted molar refractivity (Wildman–Crippen MR) is 65.3 cm³/mol. The van der Waals surface area contributed by atoms with E-state index in [-0.39, 0.29) is 18.0 Å². The molecule has 0 spiro atoms. The first-order chi connectivity index (χ1) is 8.56. The lowest BCUT2D eigenvalue weighted by atomic mass is 10.2. The second-order valence-electron chi connectivity index (χ2n) is 4.51. The molecule has 2 unspecified atom stereocenters. The summed E-state index contributed by atoms with van der Waals surface area (Å²) in [5.41, 5.74) is 0.694. The zero-order valence-corrected chi connectivity index (χ0v) is 10.5. The number of para-hydroxylation sites is 2. The number of benzene rings is 1. The van der Waals surface area contributed by atoms with E-state index in [9.17, 15) is 8.78 Å². The van der Waals surface area contributed by atoms with Crippen LogP contribution in [0.15, 0.2) is 24.3 Å². The number of halogens is 2. The molecule has 1 heterocycles. The molecule has 0 amide bonds. The molecule has 0 aromatic heterocycles. The number of rotatable bonds is 3. The summed E-state index contributed by atoms with van der Waals surface area (Å²) in [4.78, 5) is 2.02. The highest BCUT2D eigenvalue weighted by Crippen LogP contribution is 2.31. The van der Waals surface area contributed by atoms with E-state index in [1.807, 2.05) is 24.8 Å². The Bertz CT molecular complexity index is 390. The molecule has 1 fully saturated rings. The Labute approximate surface area is 105 Å². The second-order valence-corrected chi connectivity index (χ2v) is 4.51. The van der Waals surface area contributed by atoms with Crippen molar-refractivity contribution in [3.8, 4) is 5.75 Å². The molecule has 0 saturated carbocycles. The van der Waals surface area contributed by atoms with Crippen LogP contribution in [-0.4, -0.2) is 31.9 Å². The third kappa shape index (κ3) is 3.10. The molecule has 1 saturated heterocycles. The number of alkyl halides is 2. The molecule has 1 aromatic carbocycles. The van der Waals surface area contributed by atoms with Gasteiger partial charge in [0.25, 0.3) is 0 Å². The summed E-state index contributed by atoms with van der Waals surface area (Å²) in [6.07, 6.45) is 0.154. The largest absolute Gasteiger partial charge is 0.433 e. The van der Waals surface area contributed by atoms with E-state index in [0.29, 0.717) is 18.8 Å². The molecule has 0 N–H and O–H groups in total. The fourth-order valence-electron chi connectivity index (χ4n) is 2.29. The molecule has 2 rings (SSSR count). The minimum atomic E-state index is -2.80. The van der Waals surface area contributed by atoms with Gasteiger partial charge in [-0.1, -0.05) is 12.1 Å². The maximum Gasteiger partial charge on any atom is 0.387 e. The topological polar surface area (TPSA) is 21.7 Å².